The number of fused-ring (bicyclic) bond motifs is 1. The molecule has 25 heavy (non-hydrogen) atoms. The number of nitrogens with zero attached hydrogens (tertiary/aromatic N) is 2. The molecule has 0 atom stereocenters. The lowest BCUT2D eigenvalue weighted by Gasteiger charge is -2.05. The number of nitro groups is 1. The molecule has 0 saturated heterocycles. The Hall–Kier alpha value is -3.13. The van der Waals surface area contributed by atoms with Crippen LogP contribution in [0.25, 0.3) is 11.1 Å². The Balaban J connectivity index is 1.68. The number of hydrogen-bond donors (Lipinski definition) is 0. The normalized spacial score (nSPS) is 10.8. The predicted octanol–water partition coefficient (Wildman–Crippen LogP) is 2.90. The Morgan fingerprint density at radius 2 is 1.96 bits per heavy atom. The van der Waals surface area contributed by atoms with Crippen molar-refractivity contribution in [2.75, 3.05) is 0 Å². The maximum Gasteiger partial charge on any atom is 0.420 e. The third-order valence-electron chi connectivity index (χ3n) is 3.46. The summed E-state index contributed by atoms with van der Waals surface area (Å²) in [5, 5.41) is 11.0. The number of carbonyl (C=O) groups excluding carboxylic acids is 1. The van der Waals surface area contributed by atoms with Crippen LogP contribution >= 0.6 is 11.6 Å². The van der Waals surface area contributed by atoms with Crippen LogP contribution in [0, 0.1) is 10.1 Å². The molecule has 2 aromatic carbocycles. The number of halogens is 1. The van der Waals surface area contributed by atoms with Crippen molar-refractivity contribution < 1.29 is 18.9 Å². The van der Waals surface area contributed by atoms with Crippen LogP contribution in [0.4, 0.5) is 5.69 Å². The van der Waals surface area contributed by atoms with Crippen LogP contribution in [0.3, 0.4) is 0 Å². The van der Waals surface area contributed by atoms with Crippen molar-refractivity contribution in [3.8, 4) is 0 Å². The first-order valence-corrected chi connectivity index (χ1v) is 7.49. The fourth-order valence-electron chi connectivity index (χ4n) is 2.24. The molecule has 0 fully saturated rings. The molecule has 0 amide bonds. The molecule has 128 valence electrons. The highest BCUT2D eigenvalue weighted by Gasteiger charge is 2.14. The second kappa shape index (κ2) is 6.78. The third-order valence-corrected chi connectivity index (χ3v) is 3.70. The van der Waals surface area contributed by atoms with Crippen LogP contribution in [0.15, 0.2) is 51.7 Å². The van der Waals surface area contributed by atoms with Gasteiger partial charge in [-0.15, -0.1) is 0 Å². The van der Waals surface area contributed by atoms with Crippen LogP contribution in [0.1, 0.15) is 5.56 Å². The van der Waals surface area contributed by atoms with Crippen LogP contribution in [-0.2, 0) is 22.7 Å². The van der Waals surface area contributed by atoms with Crippen LogP contribution in [0.5, 0.6) is 0 Å². The third kappa shape index (κ3) is 3.69. The van der Waals surface area contributed by atoms with Gasteiger partial charge in [0.1, 0.15) is 13.2 Å². The van der Waals surface area contributed by atoms with Crippen molar-refractivity contribution in [1.29, 1.82) is 0 Å². The number of carbonyl (C=O) groups is 1. The molecule has 1 aromatic heterocycles. The summed E-state index contributed by atoms with van der Waals surface area (Å²) in [6.45, 7) is -0.381. The van der Waals surface area contributed by atoms with Crippen molar-refractivity contribution in [3.63, 3.8) is 0 Å². The van der Waals surface area contributed by atoms with Gasteiger partial charge in [-0.2, -0.15) is 0 Å². The van der Waals surface area contributed by atoms with Crippen molar-refractivity contribution in [2.24, 2.45) is 0 Å². The summed E-state index contributed by atoms with van der Waals surface area (Å²) in [7, 11) is 0. The minimum Gasteiger partial charge on any atom is -0.459 e. The van der Waals surface area contributed by atoms with Gasteiger partial charge in [-0.25, -0.2) is 4.79 Å². The first kappa shape index (κ1) is 16.7. The maximum atomic E-state index is 12.0. The lowest BCUT2D eigenvalue weighted by Crippen LogP contribution is -2.21. The topological polar surface area (TPSA) is 105 Å². The van der Waals surface area contributed by atoms with Gasteiger partial charge >= 0.3 is 11.7 Å². The van der Waals surface area contributed by atoms with E-state index >= 15 is 0 Å². The van der Waals surface area contributed by atoms with Crippen molar-refractivity contribution >= 4 is 34.4 Å². The fourth-order valence-corrected chi connectivity index (χ4v) is 2.40. The number of rotatable bonds is 5. The molecular formula is C16H11ClN2O6. The SMILES string of the molecule is O=C(Cn1c(=O)oc2cc(Cl)ccc21)OCc1ccc([N+](=O)[O-])cc1. The number of esters is 1. The summed E-state index contributed by atoms with van der Waals surface area (Å²) < 4.78 is 11.3. The molecule has 0 N–H and O–H groups in total. The molecule has 9 heteroatoms. The smallest absolute Gasteiger partial charge is 0.420 e. The number of hydrogen-bond acceptors (Lipinski definition) is 6. The molecule has 0 saturated carbocycles. The van der Waals surface area contributed by atoms with E-state index in [0.29, 0.717) is 16.1 Å². The van der Waals surface area contributed by atoms with E-state index in [-0.39, 0.29) is 24.4 Å². The highest BCUT2D eigenvalue weighted by atomic mass is 35.5. The van der Waals surface area contributed by atoms with Crippen molar-refractivity contribution in [3.05, 3.63) is 73.7 Å². The molecule has 3 rings (SSSR count). The Morgan fingerprint density at radius 1 is 1.24 bits per heavy atom. The number of nitro benzene ring substituents is 1. The average molecular weight is 363 g/mol. The fraction of sp³-hybridized carbons (Fsp3) is 0.125. The molecule has 0 aliphatic carbocycles. The molecule has 0 unspecified atom stereocenters. The van der Waals surface area contributed by atoms with Gasteiger partial charge in [0.25, 0.3) is 5.69 Å². The minimum absolute atomic E-state index is 0.0508. The molecule has 0 radical (unpaired) electrons. The molecule has 0 spiro atoms. The van der Waals surface area contributed by atoms with Crippen molar-refractivity contribution in [1.82, 2.24) is 4.57 Å². The Labute approximate surface area is 145 Å². The van der Waals surface area contributed by atoms with Gasteiger partial charge < -0.3 is 9.15 Å². The molecule has 0 aliphatic rings. The van der Waals surface area contributed by atoms with Crippen LogP contribution in [0.2, 0.25) is 5.02 Å². The van der Waals surface area contributed by atoms with Gasteiger partial charge in [-0.05, 0) is 29.8 Å². The number of aromatic nitrogens is 1. The Bertz CT molecular complexity index is 1010. The quantitative estimate of drug-likeness (QED) is 0.392. The molecule has 1 heterocycles. The first-order valence-electron chi connectivity index (χ1n) is 7.12. The van der Waals surface area contributed by atoms with E-state index in [4.69, 9.17) is 20.8 Å². The lowest BCUT2D eigenvalue weighted by atomic mass is 10.2. The zero-order valence-corrected chi connectivity index (χ0v) is 13.4. The predicted molar refractivity (Wildman–Crippen MR) is 88.4 cm³/mol. The van der Waals surface area contributed by atoms with Gasteiger partial charge in [0.15, 0.2) is 5.58 Å². The highest BCUT2D eigenvalue weighted by molar-refractivity contribution is 6.31. The number of non-ortho nitro benzene ring substituents is 1. The molecule has 0 bridgehead atoms. The molecule has 0 aliphatic heterocycles. The summed E-state index contributed by atoms with van der Waals surface area (Å²) in [4.78, 5) is 33.9. The maximum absolute atomic E-state index is 12.0. The monoisotopic (exact) mass is 362 g/mol. The second-order valence-corrected chi connectivity index (χ2v) is 5.59. The van der Waals surface area contributed by atoms with Gasteiger partial charge in [0.2, 0.25) is 0 Å². The summed E-state index contributed by atoms with van der Waals surface area (Å²) in [6.07, 6.45) is 0. The van der Waals surface area contributed by atoms with Gasteiger partial charge in [-0.3, -0.25) is 19.5 Å². The van der Waals surface area contributed by atoms with Gasteiger partial charge in [0, 0.05) is 23.2 Å². The van der Waals surface area contributed by atoms with E-state index in [2.05, 4.69) is 0 Å². The van der Waals surface area contributed by atoms with Crippen molar-refractivity contribution in [2.45, 2.75) is 13.2 Å². The summed E-state index contributed by atoms with van der Waals surface area (Å²) in [5.41, 5.74) is 1.25. The zero-order valence-electron chi connectivity index (χ0n) is 12.7. The highest BCUT2D eigenvalue weighted by Crippen LogP contribution is 2.18. The van der Waals surface area contributed by atoms with E-state index in [9.17, 15) is 19.7 Å². The average Bonchev–Trinajstić information content (AvgIpc) is 2.88. The van der Waals surface area contributed by atoms with E-state index in [1.165, 1.54) is 30.3 Å². The van der Waals surface area contributed by atoms with E-state index in [1.54, 1.807) is 12.1 Å². The Kier molecular flexibility index (Phi) is 4.53. The number of benzene rings is 2. The summed E-state index contributed by atoms with van der Waals surface area (Å²) in [5.74, 6) is -1.33. The van der Waals surface area contributed by atoms with Crippen LogP contribution < -0.4 is 5.76 Å². The summed E-state index contributed by atoms with van der Waals surface area (Å²) in [6, 6.07) is 10.3. The van der Waals surface area contributed by atoms with Gasteiger partial charge in [0.05, 0.1) is 10.4 Å². The largest absolute Gasteiger partial charge is 0.459 e. The lowest BCUT2D eigenvalue weighted by molar-refractivity contribution is -0.384. The van der Waals surface area contributed by atoms with Crippen LogP contribution in [-0.4, -0.2) is 15.5 Å². The molecule has 3 aromatic rings. The number of ether oxygens (including phenoxy) is 1. The summed E-state index contributed by atoms with van der Waals surface area (Å²) >= 11 is 5.83. The number of oxazole rings is 1. The van der Waals surface area contributed by atoms with Gasteiger partial charge in [-0.1, -0.05) is 11.6 Å². The van der Waals surface area contributed by atoms with E-state index in [0.717, 1.165) is 4.57 Å². The first-order chi connectivity index (χ1) is 11.9. The van der Waals surface area contributed by atoms with E-state index in [1.807, 2.05) is 0 Å². The molecule has 8 nitrogen and oxygen atoms in total. The van der Waals surface area contributed by atoms with E-state index < -0.39 is 16.6 Å². The minimum atomic E-state index is -0.690. The second-order valence-electron chi connectivity index (χ2n) is 5.15. The zero-order chi connectivity index (χ0) is 18.0. The Morgan fingerprint density at radius 3 is 2.64 bits per heavy atom. The standard InChI is InChI=1S/C16H11ClN2O6/c17-11-3-6-13-14(7-11)25-16(21)18(13)8-15(20)24-9-10-1-4-12(5-2-10)19(22)23/h1-7H,8-9H2. The molecular weight excluding hydrogens is 352 g/mol.